The van der Waals surface area contributed by atoms with Crippen LogP contribution in [0.3, 0.4) is 0 Å². The summed E-state index contributed by atoms with van der Waals surface area (Å²) in [6.45, 7) is 2.11. The van der Waals surface area contributed by atoms with Crippen LogP contribution in [-0.2, 0) is 12.6 Å². The molecule has 0 fully saturated rings. The number of rotatable bonds is 5. The van der Waals surface area contributed by atoms with Crippen molar-refractivity contribution in [3.05, 3.63) is 76.0 Å². The van der Waals surface area contributed by atoms with Crippen molar-refractivity contribution < 1.29 is 22.4 Å². The second-order valence-electron chi connectivity index (χ2n) is 6.12. The summed E-state index contributed by atoms with van der Waals surface area (Å²) < 4.78 is 51.3. The normalized spacial score (nSPS) is 11.5. The van der Waals surface area contributed by atoms with Gasteiger partial charge in [-0.05, 0) is 49.4 Å². The molecule has 0 spiro atoms. The van der Waals surface area contributed by atoms with E-state index >= 15 is 0 Å². The van der Waals surface area contributed by atoms with E-state index in [9.17, 15) is 22.4 Å². The topological polar surface area (TPSA) is 42.0 Å². The number of hydrogen-bond donors (Lipinski definition) is 1. The molecule has 8 heteroatoms. The molecule has 146 valence electrons. The quantitative estimate of drug-likeness (QED) is 0.586. The molecule has 3 nitrogen and oxygen atoms in total. The number of aryl methyl sites for hydroxylation is 1. The van der Waals surface area contributed by atoms with Crippen LogP contribution in [0.15, 0.2) is 48.5 Å². The first-order valence-electron chi connectivity index (χ1n) is 8.42. The van der Waals surface area contributed by atoms with Crippen LogP contribution in [0.1, 0.15) is 26.5 Å². The number of nitrogens with zero attached hydrogens (tertiary/aromatic N) is 1. The van der Waals surface area contributed by atoms with Gasteiger partial charge in [0, 0.05) is 29.0 Å². The average Bonchev–Trinajstić information content (AvgIpc) is 3.02. The zero-order valence-electron chi connectivity index (χ0n) is 14.8. The fourth-order valence-electron chi connectivity index (χ4n) is 2.60. The molecule has 3 aromatic rings. The summed E-state index contributed by atoms with van der Waals surface area (Å²) in [7, 11) is 0. The zero-order valence-corrected chi connectivity index (χ0v) is 15.6. The summed E-state index contributed by atoms with van der Waals surface area (Å²) in [5, 5.41) is 3.38. The largest absolute Gasteiger partial charge is 0.416 e. The summed E-state index contributed by atoms with van der Waals surface area (Å²) >= 11 is 1.44. The number of thiazole rings is 1. The van der Waals surface area contributed by atoms with Crippen LogP contribution in [0.5, 0.6) is 0 Å². The fourth-order valence-corrected chi connectivity index (χ4v) is 3.67. The first-order chi connectivity index (χ1) is 13.2. The van der Waals surface area contributed by atoms with Crippen LogP contribution in [0.2, 0.25) is 0 Å². The van der Waals surface area contributed by atoms with E-state index in [4.69, 9.17) is 0 Å². The maximum atomic E-state index is 13.0. The van der Waals surface area contributed by atoms with Gasteiger partial charge >= 0.3 is 6.18 Å². The van der Waals surface area contributed by atoms with E-state index in [0.29, 0.717) is 6.42 Å². The first kappa shape index (κ1) is 20.0. The number of alkyl halides is 3. The Hall–Kier alpha value is -2.74. The molecular weight excluding hydrogens is 392 g/mol. The number of nitrogens with one attached hydrogen (secondary N) is 1. The van der Waals surface area contributed by atoms with E-state index in [0.717, 1.165) is 33.3 Å². The van der Waals surface area contributed by atoms with Gasteiger partial charge in [0.15, 0.2) is 0 Å². The summed E-state index contributed by atoms with van der Waals surface area (Å²) in [5.74, 6) is -0.887. The highest BCUT2D eigenvalue weighted by molar-refractivity contribution is 7.15. The summed E-state index contributed by atoms with van der Waals surface area (Å²) in [6, 6.07) is 10.3. The molecule has 0 aliphatic carbocycles. The van der Waals surface area contributed by atoms with Gasteiger partial charge in [0.25, 0.3) is 5.91 Å². The van der Waals surface area contributed by atoms with E-state index < -0.39 is 17.6 Å². The molecule has 0 bridgehead atoms. The number of carbonyl (C=O) groups is 1. The second-order valence-corrected chi connectivity index (χ2v) is 7.20. The van der Waals surface area contributed by atoms with Gasteiger partial charge in [-0.1, -0.05) is 6.07 Å². The number of amides is 1. The fraction of sp³-hybridized carbons (Fsp3) is 0.200. The molecule has 1 heterocycles. The van der Waals surface area contributed by atoms with Crippen molar-refractivity contribution in [2.45, 2.75) is 19.5 Å². The van der Waals surface area contributed by atoms with Crippen molar-refractivity contribution in [3.8, 4) is 10.6 Å². The van der Waals surface area contributed by atoms with Gasteiger partial charge in [-0.3, -0.25) is 4.79 Å². The van der Waals surface area contributed by atoms with Crippen molar-refractivity contribution in [3.63, 3.8) is 0 Å². The molecule has 0 aliphatic rings. The smallest absolute Gasteiger partial charge is 0.352 e. The molecule has 0 aliphatic heterocycles. The van der Waals surface area contributed by atoms with Gasteiger partial charge in [0.1, 0.15) is 10.8 Å². The average molecular weight is 408 g/mol. The van der Waals surface area contributed by atoms with Crippen molar-refractivity contribution in [2.24, 2.45) is 0 Å². The van der Waals surface area contributed by atoms with Crippen LogP contribution < -0.4 is 5.32 Å². The van der Waals surface area contributed by atoms with E-state index in [1.165, 1.54) is 35.6 Å². The molecule has 0 radical (unpaired) electrons. The molecule has 1 N–H and O–H groups in total. The third-order valence-electron chi connectivity index (χ3n) is 4.07. The molecule has 1 amide bonds. The molecule has 0 unspecified atom stereocenters. The highest BCUT2D eigenvalue weighted by Gasteiger charge is 2.30. The molecule has 0 saturated carbocycles. The predicted molar refractivity (Wildman–Crippen MR) is 99.7 cm³/mol. The third-order valence-corrected chi connectivity index (χ3v) is 5.34. The van der Waals surface area contributed by atoms with Crippen LogP contribution in [-0.4, -0.2) is 17.4 Å². The molecule has 3 rings (SSSR count). The number of benzene rings is 2. The lowest BCUT2D eigenvalue weighted by Crippen LogP contribution is -2.26. The van der Waals surface area contributed by atoms with Crippen molar-refractivity contribution >= 4 is 17.2 Å². The zero-order chi connectivity index (χ0) is 20.3. The molecule has 0 atom stereocenters. The Labute approximate surface area is 163 Å². The maximum absolute atomic E-state index is 13.0. The van der Waals surface area contributed by atoms with Crippen LogP contribution >= 0.6 is 11.3 Å². The van der Waals surface area contributed by atoms with Gasteiger partial charge < -0.3 is 5.32 Å². The Kier molecular flexibility index (Phi) is 5.79. The number of aromatic nitrogens is 1. The second kappa shape index (κ2) is 8.10. The maximum Gasteiger partial charge on any atom is 0.416 e. The van der Waals surface area contributed by atoms with Crippen LogP contribution in [0, 0.1) is 12.7 Å². The van der Waals surface area contributed by atoms with Gasteiger partial charge in [0.2, 0.25) is 0 Å². The lowest BCUT2D eigenvalue weighted by atomic mass is 10.1. The summed E-state index contributed by atoms with van der Waals surface area (Å²) in [4.78, 5) is 17.5. The Bertz CT molecular complexity index is 981. The van der Waals surface area contributed by atoms with Crippen LogP contribution in [0.4, 0.5) is 17.6 Å². The van der Waals surface area contributed by atoms with Crippen molar-refractivity contribution in [2.75, 3.05) is 6.54 Å². The van der Waals surface area contributed by atoms with Crippen molar-refractivity contribution in [1.29, 1.82) is 0 Å². The van der Waals surface area contributed by atoms with Gasteiger partial charge in [0.05, 0.1) is 11.3 Å². The van der Waals surface area contributed by atoms with E-state index in [2.05, 4.69) is 10.3 Å². The van der Waals surface area contributed by atoms with Gasteiger partial charge in [-0.25, -0.2) is 9.37 Å². The minimum atomic E-state index is -4.49. The Morgan fingerprint density at radius 1 is 1.14 bits per heavy atom. The minimum absolute atomic E-state index is 0.0390. The summed E-state index contributed by atoms with van der Waals surface area (Å²) in [6.07, 6.45) is -4.00. The van der Waals surface area contributed by atoms with Gasteiger partial charge in [-0.15, -0.1) is 11.3 Å². The number of hydrogen-bond acceptors (Lipinski definition) is 3. The Balaban J connectivity index is 1.62. The van der Waals surface area contributed by atoms with Crippen LogP contribution in [0.25, 0.3) is 10.6 Å². The summed E-state index contributed by atoms with van der Waals surface area (Å²) in [5.41, 5.74) is 0.705. The molecular formula is C20H16F4N2OS. The van der Waals surface area contributed by atoms with E-state index in [1.54, 1.807) is 12.1 Å². The Morgan fingerprint density at radius 3 is 2.54 bits per heavy atom. The van der Waals surface area contributed by atoms with Crippen molar-refractivity contribution in [1.82, 2.24) is 10.3 Å². The number of halogens is 4. The van der Waals surface area contributed by atoms with Gasteiger partial charge in [-0.2, -0.15) is 13.2 Å². The predicted octanol–water partition coefficient (Wildman–Crippen LogP) is 5.25. The standard InChI is InChI=1S/C20H16F4N2OS/c1-12-17(28-19(26-12)13-5-7-16(21)8-6-13)9-10-25-18(27)14-3-2-4-15(11-14)20(22,23)24/h2-8,11H,9-10H2,1H3,(H,25,27). The highest BCUT2D eigenvalue weighted by Crippen LogP contribution is 2.30. The molecule has 0 saturated heterocycles. The highest BCUT2D eigenvalue weighted by atomic mass is 32.1. The molecule has 1 aromatic heterocycles. The minimum Gasteiger partial charge on any atom is -0.352 e. The lowest BCUT2D eigenvalue weighted by Gasteiger charge is -2.09. The first-order valence-corrected chi connectivity index (χ1v) is 9.23. The molecule has 2 aromatic carbocycles. The molecule has 28 heavy (non-hydrogen) atoms. The monoisotopic (exact) mass is 408 g/mol. The lowest BCUT2D eigenvalue weighted by molar-refractivity contribution is -0.137. The Morgan fingerprint density at radius 2 is 1.86 bits per heavy atom. The number of carbonyl (C=O) groups excluding carboxylic acids is 1. The van der Waals surface area contributed by atoms with E-state index in [-0.39, 0.29) is 17.9 Å². The van der Waals surface area contributed by atoms with E-state index in [1.807, 2.05) is 6.92 Å². The third kappa shape index (κ3) is 4.75. The SMILES string of the molecule is Cc1nc(-c2ccc(F)cc2)sc1CCNC(=O)c1cccc(C(F)(F)F)c1.